The fourth-order valence-corrected chi connectivity index (χ4v) is 2.39. The van der Waals surface area contributed by atoms with E-state index in [0.717, 1.165) is 17.9 Å². The molecule has 0 bridgehead atoms. The molecule has 94 valence electrons. The summed E-state index contributed by atoms with van der Waals surface area (Å²) < 4.78 is 0. The van der Waals surface area contributed by atoms with Crippen molar-refractivity contribution in [2.75, 3.05) is 5.32 Å². The van der Waals surface area contributed by atoms with Gasteiger partial charge >= 0.3 is 0 Å². The standard InChI is InChI=1S/C13H20ClN3/c1-8(2)9-5-12(16-7-15-9)17-11-6-10(14)13(11,3)4/h5,7-8,10-11H,6H2,1-4H3,(H,15,16,17). The molecule has 2 atom stereocenters. The summed E-state index contributed by atoms with van der Waals surface area (Å²) in [7, 11) is 0. The second-order valence-corrected chi connectivity index (χ2v) is 6.23. The Bertz CT molecular complexity index is 403. The molecule has 0 spiro atoms. The van der Waals surface area contributed by atoms with Gasteiger partial charge in [0.15, 0.2) is 0 Å². The second-order valence-electron chi connectivity index (χ2n) is 5.70. The van der Waals surface area contributed by atoms with E-state index in [1.54, 1.807) is 6.33 Å². The first kappa shape index (κ1) is 12.6. The Morgan fingerprint density at radius 1 is 1.41 bits per heavy atom. The molecule has 0 aromatic carbocycles. The van der Waals surface area contributed by atoms with Crippen LogP contribution in [0.15, 0.2) is 12.4 Å². The Morgan fingerprint density at radius 3 is 2.65 bits per heavy atom. The first-order chi connectivity index (χ1) is 7.91. The highest BCUT2D eigenvalue weighted by Gasteiger charge is 2.47. The largest absolute Gasteiger partial charge is 0.367 e. The molecule has 0 radical (unpaired) electrons. The minimum atomic E-state index is 0.129. The van der Waals surface area contributed by atoms with Crippen LogP contribution in [0, 0.1) is 5.41 Å². The third-order valence-electron chi connectivity index (χ3n) is 3.75. The lowest BCUT2D eigenvalue weighted by Gasteiger charge is -2.49. The molecule has 4 heteroatoms. The summed E-state index contributed by atoms with van der Waals surface area (Å²) >= 11 is 6.21. The summed E-state index contributed by atoms with van der Waals surface area (Å²) in [5.41, 5.74) is 1.20. The number of hydrogen-bond donors (Lipinski definition) is 1. The van der Waals surface area contributed by atoms with E-state index in [0.29, 0.717) is 12.0 Å². The van der Waals surface area contributed by atoms with Gasteiger partial charge in [-0.1, -0.05) is 27.7 Å². The molecular weight excluding hydrogens is 234 g/mol. The summed E-state index contributed by atoms with van der Waals surface area (Å²) in [6.45, 7) is 8.65. The smallest absolute Gasteiger partial charge is 0.129 e. The van der Waals surface area contributed by atoms with Crippen molar-refractivity contribution >= 4 is 17.4 Å². The molecule has 1 saturated carbocycles. The van der Waals surface area contributed by atoms with Gasteiger partial charge < -0.3 is 5.32 Å². The van der Waals surface area contributed by atoms with Gasteiger partial charge in [0.1, 0.15) is 12.1 Å². The number of aromatic nitrogens is 2. The number of hydrogen-bond acceptors (Lipinski definition) is 3. The first-order valence-electron chi connectivity index (χ1n) is 6.14. The summed E-state index contributed by atoms with van der Waals surface area (Å²) in [6.07, 6.45) is 2.62. The van der Waals surface area contributed by atoms with E-state index < -0.39 is 0 Å². The average Bonchev–Trinajstić information content (AvgIpc) is 2.29. The van der Waals surface area contributed by atoms with Gasteiger partial charge in [-0.05, 0) is 12.3 Å². The van der Waals surface area contributed by atoms with Crippen LogP contribution < -0.4 is 5.32 Å². The molecule has 0 amide bonds. The zero-order valence-corrected chi connectivity index (χ0v) is 11.6. The zero-order chi connectivity index (χ0) is 12.6. The first-order valence-corrected chi connectivity index (χ1v) is 6.57. The minimum Gasteiger partial charge on any atom is -0.367 e. The topological polar surface area (TPSA) is 37.8 Å². The summed E-state index contributed by atoms with van der Waals surface area (Å²) in [5, 5.41) is 3.71. The van der Waals surface area contributed by atoms with Gasteiger partial charge in [-0.2, -0.15) is 0 Å². The van der Waals surface area contributed by atoms with Crippen LogP contribution in [0.2, 0.25) is 0 Å². The van der Waals surface area contributed by atoms with Gasteiger partial charge in [0.25, 0.3) is 0 Å². The number of halogens is 1. The molecule has 0 saturated heterocycles. The van der Waals surface area contributed by atoms with E-state index in [9.17, 15) is 0 Å². The average molecular weight is 254 g/mol. The van der Waals surface area contributed by atoms with Crippen LogP contribution >= 0.6 is 11.6 Å². The molecule has 2 rings (SSSR count). The van der Waals surface area contributed by atoms with Crippen LogP contribution in [-0.4, -0.2) is 21.4 Å². The molecule has 1 aliphatic rings. The van der Waals surface area contributed by atoms with E-state index in [1.165, 1.54) is 0 Å². The summed E-state index contributed by atoms with van der Waals surface area (Å²) in [6, 6.07) is 2.43. The summed E-state index contributed by atoms with van der Waals surface area (Å²) in [5.74, 6) is 1.33. The van der Waals surface area contributed by atoms with E-state index in [4.69, 9.17) is 11.6 Å². The highest BCUT2D eigenvalue weighted by molar-refractivity contribution is 6.21. The lowest BCUT2D eigenvalue weighted by Crippen LogP contribution is -2.54. The van der Waals surface area contributed by atoms with Gasteiger partial charge in [-0.3, -0.25) is 0 Å². The van der Waals surface area contributed by atoms with Crippen molar-refractivity contribution in [3.05, 3.63) is 18.1 Å². The normalized spacial score (nSPS) is 26.7. The molecule has 1 N–H and O–H groups in total. The number of nitrogens with one attached hydrogen (secondary N) is 1. The highest BCUT2D eigenvalue weighted by Crippen LogP contribution is 2.45. The maximum atomic E-state index is 6.21. The molecule has 0 aliphatic heterocycles. The monoisotopic (exact) mass is 253 g/mol. The minimum absolute atomic E-state index is 0.129. The molecule has 1 heterocycles. The van der Waals surface area contributed by atoms with E-state index in [-0.39, 0.29) is 10.8 Å². The van der Waals surface area contributed by atoms with Crippen molar-refractivity contribution in [2.45, 2.75) is 51.5 Å². The van der Waals surface area contributed by atoms with Gasteiger partial charge in [0.2, 0.25) is 0 Å². The fourth-order valence-electron chi connectivity index (χ4n) is 2.06. The highest BCUT2D eigenvalue weighted by atomic mass is 35.5. The predicted octanol–water partition coefficient (Wildman–Crippen LogP) is 3.42. The Hall–Kier alpha value is -0.830. The van der Waals surface area contributed by atoms with Gasteiger partial charge in [0, 0.05) is 28.6 Å². The Kier molecular flexibility index (Phi) is 3.30. The second kappa shape index (κ2) is 4.45. The zero-order valence-electron chi connectivity index (χ0n) is 10.9. The summed E-state index contributed by atoms with van der Waals surface area (Å²) in [4.78, 5) is 8.53. The molecule has 1 aliphatic carbocycles. The number of rotatable bonds is 3. The van der Waals surface area contributed by atoms with Crippen LogP contribution in [-0.2, 0) is 0 Å². The van der Waals surface area contributed by atoms with Gasteiger partial charge in [0.05, 0.1) is 0 Å². The van der Waals surface area contributed by atoms with Crippen LogP contribution in [0.25, 0.3) is 0 Å². The molecule has 17 heavy (non-hydrogen) atoms. The van der Waals surface area contributed by atoms with E-state index in [1.807, 2.05) is 6.07 Å². The number of nitrogens with zero attached hydrogens (tertiary/aromatic N) is 2. The van der Waals surface area contributed by atoms with Crippen molar-refractivity contribution in [1.82, 2.24) is 9.97 Å². The number of anilines is 1. The Morgan fingerprint density at radius 2 is 2.12 bits per heavy atom. The van der Waals surface area contributed by atoms with Gasteiger partial charge in [-0.25, -0.2) is 9.97 Å². The van der Waals surface area contributed by atoms with E-state index in [2.05, 4.69) is 43.0 Å². The molecule has 1 aromatic heterocycles. The van der Waals surface area contributed by atoms with Crippen molar-refractivity contribution in [3.63, 3.8) is 0 Å². The molecular formula is C13H20ClN3. The third-order valence-corrected chi connectivity index (χ3v) is 4.49. The molecule has 3 nitrogen and oxygen atoms in total. The quantitative estimate of drug-likeness (QED) is 0.839. The maximum absolute atomic E-state index is 6.21. The lowest BCUT2D eigenvalue weighted by atomic mass is 9.67. The molecule has 1 fully saturated rings. The van der Waals surface area contributed by atoms with Crippen LogP contribution in [0.5, 0.6) is 0 Å². The predicted molar refractivity (Wildman–Crippen MR) is 71.6 cm³/mol. The fraction of sp³-hybridized carbons (Fsp3) is 0.692. The maximum Gasteiger partial charge on any atom is 0.129 e. The van der Waals surface area contributed by atoms with Crippen molar-refractivity contribution < 1.29 is 0 Å². The van der Waals surface area contributed by atoms with Crippen molar-refractivity contribution in [1.29, 1.82) is 0 Å². The van der Waals surface area contributed by atoms with Gasteiger partial charge in [-0.15, -0.1) is 11.6 Å². The number of alkyl halides is 1. The van der Waals surface area contributed by atoms with Crippen LogP contribution in [0.1, 0.15) is 45.7 Å². The Labute approximate surface area is 108 Å². The van der Waals surface area contributed by atoms with Crippen molar-refractivity contribution in [2.24, 2.45) is 5.41 Å². The SMILES string of the molecule is CC(C)c1cc(NC2CC(Cl)C2(C)C)ncn1. The Balaban J connectivity index is 2.07. The molecule has 1 aromatic rings. The van der Waals surface area contributed by atoms with Crippen LogP contribution in [0.4, 0.5) is 5.82 Å². The van der Waals surface area contributed by atoms with Crippen LogP contribution in [0.3, 0.4) is 0 Å². The van der Waals surface area contributed by atoms with E-state index >= 15 is 0 Å². The molecule has 2 unspecified atom stereocenters. The third kappa shape index (κ3) is 2.39. The van der Waals surface area contributed by atoms with Crippen molar-refractivity contribution in [3.8, 4) is 0 Å². The lowest BCUT2D eigenvalue weighted by molar-refractivity contribution is 0.168.